The molecule has 1 saturated heterocycles. The second-order valence-corrected chi connectivity index (χ2v) is 4.76. The monoisotopic (exact) mass is 264 g/mol. The third-order valence-electron chi connectivity index (χ3n) is 3.36. The molecule has 102 valence electrons. The van der Waals surface area contributed by atoms with E-state index in [0.717, 1.165) is 25.9 Å². The Bertz CT molecular complexity index is 484. The predicted molar refractivity (Wildman–Crippen MR) is 70.9 cm³/mol. The molecule has 0 aromatic heterocycles. The van der Waals surface area contributed by atoms with Crippen molar-refractivity contribution >= 4 is 17.9 Å². The number of carbonyl (C=O) groups is 2. The van der Waals surface area contributed by atoms with Crippen LogP contribution in [-0.4, -0.2) is 43.8 Å². The van der Waals surface area contributed by atoms with Crippen LogP contribution in [0.1, 0.15) is 23.2 Å². The van der Waals surface area contributed by atoms with Gasteiger partial charge in [0.2, 0.25) is 5.91 Å². The van der Waals surface area contributed by atoms with Gasteiger partial charge >= 0.3 is 0 Å². The van der Waals surface area contributed by atoms with Crippen molar-refractivity contribution in [2.24, 2.45) is 0 Å². The number of carbonyl (C=O) groups excluding carboxylic acids is 2. The average molecular weight is 264 g/mol. The standard InChI is InChI=1S/C14H17FN2O2/c1-16(9-14(19)17-6-2-3-7-17)13-5-4-12(15)8-11(13)10-18/h4-5,8,10H,2-3,6-7,9H2,1H3. The lowest BCUT2D eigenvalue weighted by Crippen LogP contribution is -2.37. The van der Waals surface area contributed by atoms with E-state index in [0.29, 0.717) is 12.0 Å². The van der Waals surface area contributed by atoms with Gasteiger partial charge in [-0.3, -0.25) is 9.59 Å². The summed E-state index contributed by atoms with van der Waals surface area (Å²) in [5, 5.41) is 0. The highest BCUT2D eigenvalue weighted by Crippen LogP contribution is 2.19. The molecule has 0 radical (unpaired) electrons. The van der Waals surface area contributed by atoms with Crippen molar-refractivity contribution in [3.05, 3.63) is 29.6 Å². The molecule has 1 fully saturated rings. The van der Waals surface area contributed by atoms with Gasteiger partial charge in [-0.25, -0.2) is 4.39 Å². The molecule has 4 nitrogen and oxygen atoms in total. The lowest BCUT2D eigenvalue weighted by atomic mass is 10.1. The maximum absolute atomic E-state index is 13.1. The molecule has 1 amide bonds. The number of benzene rings is 1. The number of halogens is 1. The number of anilines is 1. The van der Waals surface area contributed by atoms with Gasteiger partial charge in [-0.05, 0) is 31.0 Å². The predicted octanol–water partition coefficient (Wildman–Crippen LogP) is 1.70. The summed E-state index contributed by atoms with van der Waals surface area (Å²) in [5.74, 6) is -0.411. The highest BCUT2D eigenvalue weighted by atomic mass is 19.1. The maximum atomic E-state index is 13.1. The second-order valence-electron chi connectivity index (χ2n) is 4.76. The zero-order valence-electron chi connectivity index (χ0n) is 10.9. The second kappa shape index (κ2) is 5.82. The first-order chi connectivity index (χ1) is 9.11. The molecule has 2 rings (SSSR count). The minimum absolute atomic E-state index is 0.0428. The largest absolute Gasteiger partial charge is 0.365 e. The molecule has 0 N–H and O–H groups in total. The van der Waals surface area contributed by atoms with E-state index >= 15 is 0 Å². The van der Waals surface area contributed by atoms with Crippen molar-refractivity contribution < 1.29 is 14.0 Å². The smallest absolute Gasteiger partial charge is 0.242 e. The van der Waals surface area contributed by atoms with Crippen LogP contribution in [0.4, 0.5) is 10.1 Å². The van der Waals surface area contributed by atoms with E-state index in [-0.39, 0.29) is 18.0 Å². The molecule has 19 heavy (non-hydrogen) atoms. The number of hydrogen-bond acceptors (Lipinski definition) is 3. The Morgan fingerprint density at radius 1 is 1.42 bits per heavy atom. The number of rotatable bonds is 4. The summed E-state index contributed by atoms with van der Waals surface area (Å²) in [6, 6.07) is 3.99. The van der Waals surface area contributed by atoms with Crippen LogP contribution >= 0.6 is 0 Å². The fourth-order valence-electron chi connectivity index (χ4n) is 2.32. The fraction of sp³-hybridized carbons (Fsp3) is 0.429. The lowest BCUT2D eigenvalue weighted by molar-refractivity contribution is -0.128. The van der Waals surface area contributed by atoms with E-state index in [4.69, 9.17) is 0 Å². The van der Waals surface area contributed by atoms with Crippen molar-refractivity contribution in [2.75, 3.05) is 31.6 Å². The van der Waals surface area contributed by atoms with Crippen LogP contribution in [0.15, 0.2) is 18.2 Å². The van der Waals surface area contributed by atoms with Crippen LogP contribution < -0.4 is 4.90 Å². The Kier molecular flexibility index (Phi) is 4.14. The molecule has 5 heteroatoms. The van der Waals surface area contributed by atoms with E-state index in [1.165, 1.54) is 18.2 Å². The lowest BCUT2D eigenvalue weighted by Gasteiger charge is -2.23. The van der Waals surface area contributed by atoms with Gasteiger partial charge in [0.1, 0.15) is 5.82 Å². The molecule has 1 heterocycles. The Hall–Kier alpha value is -1.91. The number of amides is 1. The molecule has 1 aromatic carbocycles. The van der Waals surface area contributed by atoms with Gasteiger partial charge in [0.15, 0.2) is 6.29 Å². The van der Waals surface area contributed by atoms with Crippen molar-refractivity contribution in [1.82, 2.24) is 4.90 Å². The van der Waals surface area contributed by atoms with Crippen molar-refractivity contribution in [3.63, 3.8) is 0 Å². The van der Waals surface area contributed by atoms with E-state index < -0.39 is 5.82 Å². The van der Waals surface area contributed by atoms with Crippen LogP contribution in [0.5, 0.6) is 0 Å². The summed E-state index contributed by atoms with van der Waals surface area (Å²) in [4.78, 5) is 26.5. The van der Waals surface area contributed by atoms with Gasteiger partial charge in [-0.15, -0.1) is 0 Å². The summed E-state index contributed by atoms with van der Waals surface area (Å²) in [6.07, 6.45) is 2.70. The Morgan fingerprint density at radius 2 is 2.11 bits per heavy atom. The molecule has 1 aliphatic rings. The Labute approximate surface area is 111 Å². The number of aldehydes is 1. The highest BCUT2D eigenvalue weighted by Gasteiger charge is 2.20. The summed E-state index contributed by atoms with van der Waals surface area (Å²) in [7, 11) is 1.73. The minimum Gasteiger partial charge on any atom is -0.365 e. The zero-order valence-corrected chi connectivity index (χ0v) is 10.9. The van der Waals surface area contributed by atoms with Crippen LogP contribution in [0.25, 0.3) is 0 Å². The van der Waals surface area contributed by atoms with E-state index in [1.807, 2.05) is 4.90 Å². The van der Waals surface area contributed by atoms with Gasteiger partial charge < -0.3 is 9.80 Å². The fourth-order valence-corrected chi connectivity index (χ4v) is 2.32. The zero-order chi connectivity index (χ0) is 13.8. The van der Waals surface area contributed by atoms with Gasteiger partial charge in [0, 0.05) is 31.4 Å². The van der Waals surface area contributed by atoms with E-state index in [2.05, 4.69) is 0 Å². The molecular formula is C14H17FN2O2. The summed E-state index contributed by atoms with van der Waals surface area (Å²) < 4.78 is 13.1. The highest BCUT2D eigenvalue weighted by molar-refractivity contribution is 5.87. The van der Waals surface area contributed by atoms with Crippen LogP contribution in [0.3, 0.4) is 0 Å². The first-order valence-electron chi connectivity index (χ1n) is 6.35. The molecule has 0 spiro atoms. The third-order valence-corrected chi connectivity index (χ3v) is 3.36. The normalized spacial score (nSPS) is 14.5. The maximum Gasteiger partial charge on any atom is 0.242 e. The molecule has 0 aliphatic carbocycles. The summed E-state index contributed by atoms with van der Waals surface area (Å²) in [5.41, 5.74) is 0.834. The molecule has 1 aromatic rings. The Morgan fingerprint density at radius 3 is 2.74 bits per heavy atom. The SMILES string of the molecule is CN(CC(=O)N1CCCC1)c1ccc(F)cc1C=O. The van der Waals surface area contributed by atoms with Gasteiger partial charge in [-0.1, -0.05) is 0 Å². The van der Waals surface area contributed by atoms with Gasteiger partial charge in [0.25, 0.3) is 0 Å². The summed E-state index contributed by atoms with van der Waals surface area (Å²) in [6.45, 7) is 1.81. The average Bonchev–Trinajstić information content (AvgIpc) is 2.92. The molecule has 1 aliphatic heterocycles. The van der Waals surface area contributed by atoms with E-state index in [1.54, 1.807) is 11.9 Å². The van der Waals surface area contributed by atoms with Crippen LogP contribution in [0, 0.1) is 5.82 Å². The third kappa shape index (κ3) is 3.10. The van der Waals surface area contributed by atoms with Crippen LogP contribution in [-0.2, 0) is 4.79 Å². The topological polar surface area (TPSA) is 40.6 Å². The van der Waals surface area contributed by atoms with Crippen molar-refractivity contribution in [3.8, 4) is 0 Å². The quantitative estimate of drug-likeness (QED) is 0.777. The first kappa shape index (κ1) is 13.5. The number of nitrogens with zero attached hydrogens (tertiary/aromatic N) is 2. The summed E-state index contributed by atoms with van der Waals surface area (Å²) >= 11 is 0. The Balaban J connectivity index is 2.08. The molecule has 0 unspecified atom stereocenters. The molecule has 0 atom stereocenters. The number of likely N-dealkylation sites (N-methyl/N-ethyl adjacent to an activating group) is 1. The first-order valence-corrected chi connectivity index (χ1v) is 6.35. The van der Waals surface area contributed by atoms with Crippen LogP contribution in [0.2, 0.25) is 0 Å². The number of hydrogen-bond donors (Lipinski definition) is 0. The molecule has 0 saturated carbocycles. The van der Waals surface area contributed by atoms with Crippen molar-refractivity contribution in [2.45, 2.75) is 12.8 Å². The minimum atomic E-state index is -0.454. The van der Waals surface area contributed by atoms with Gasteiger partial charge in [-0.2, -0.15) is 0 Å². The molecular weight excluding hydrogens is 247 g/mol. The van der Waals surface area contributed by atoms with E-state index in [9.17, 15) is 14.0 Å². The van der Waals surface area contributed by atoms with Gasteiger partial charge in [0.05, 0.1) is 6.54 Å². The molecule has 0 bridgehead atoms. The number of likely N-dealkylation sites (tertiary alicyclic amines) is 1. The van der Waals surface area contributed by atoms with Crippen molar-refractivity contribution in [1.29, 1.82) is 0 Å².